The van der Waals surface area contributed by atoms with Crippen LogP contribution in [0.4, 0.5) is 0 Å². The van der Waals surface area contributed by atoms with Crippen molar-refractivity contribution in [2.75, 3.05) is 13.2 Å². The molecule has 0 amide bonds. The van der Waals surface area contributed by atoms with Crippen molar-refractivity contribution in [3.05, 3.63) is 35.4 Å². The van der Waals surface area contributed by atoms with Crippen molar-refractivity contribution in [1.29, 1.82) is 0 Å². The molecule has 1 aromatic carbocycles. The van der Waals surface area contributed by atoms with Crippen LogP contribution in [0, 0.1) is 5.92 Å². The van der Waals surface area contributed by atoms with E-state index in [9.17, 15) is 9.59 Å². The summed E-state index contributed by atoms with van der Waals surface area (Å²) in [5.74, 6) is -0.0545. The number of ether oxygens (including phenoxy) is 2. The van der Waals surface area contributed by atoms with E-state index >= 15 is 0 Å². The maximum atomic E-state index is 12.6. The van der Waals surface area contributed by atoms with E-state index in [0.29, 0.717) is 24.3 Å². The Kier molecular flexibility index (Phi) is 20.0. The van der Waals surface area contributed by atoms with Crippen LogP contribution in [0.25, 0.3) is 0 Å². The molecule has 4 nitrogen and oxygen atoms in total. The zero-order valence-corrected chi connectivity index (χ0v) is 23.7. The lowest BCUT2D eigenvalue weighted by atomic mass is 10.0. The van der Waals surface area contributed by atoms with Gasteiger partial charge in [0, 0.05) is 0 Å². The fourth-order valence-corrected chi connectivity index (χ4v) is 4.45. The Morgan fingerprint density at radius 2 is 0.944 bits per heavy atom. The van der Waals surface area contributed by atoms with Gasteiger partial charge in [-0.2, -0.15) is 0 Å². The fraction of sp³-hybridized carbons (Fsp3) is 0.750. The van der Waals surface area contributed by atoms with Gasteiger partial charge in [-0.15, -0.1) is 0 Å². The molecule has 0 radical (unpaired) electrons. The van der Waals surface area contributed by atoms with E-state index in [4.69, 9.17) is 9.47 Å². The van der Waals surface area contributed by atoms with Crippen molar-refractivity contribution in [3.63, 3.8) is 0 Å². The zero-order chi connectivity index (χ0) is 26.3. The highest BCUT2D eigenvalue weighted by Crippen LogP contribution is 2.15. The van der Waals surface area contributed by atoms with Gasteiger partial charge in [-0.25, -0.2) is 9.59 Å². The van der Waals surface area contributed by atoms with Gasteiger partial charge >= 0.3 is 11.9 Å². The largest absolute Gasteiger partial charge is 0.462 e. The van der Waals surface area contributed by atoms with Crippen LogP contribution >= 0.6 is 0 Å². The van der Waals surface area contributed by atoms with Crippen molar-refractivity contribution in [1.82, 2.24) is 0 Å². The molecule has 0 aliphatic heterocycles. The first-order valence-corrected chi connectivity index (χ1v) is 15.0. The summed E-state index contributed by atoms with van der Waals surface area (Å²) in [5, 5.41) is 0. The van der Waals surface area contributed by atoms with Gasteiger partial charge in [-0.05, 0) is 30.9 Å². The minimum absolute atomic E-state index is 0.302. The fourth-order valence-electron chi connectivity index (χ4n) is 4.45. The minimum atomic E-state index is -0.435. The molecular formula is C32H54O4. The van der Waals surface area contributed by atoms with E-state index in [0.717, 1.165) is 31.6 Å². The minimum Gasteiger partial charge on any atom is -0.462 e. The van der Waals surface area contributed by atoms with E-state index in [1.54, 1.807) is 24.3 Å². The number of unbranched alkanes of at least 4 members (excludes halogenated alkanes) is 15. The quantitative estimate of drug-likeness (QED) is 0.110. The molecule has 0 heterocycles. The topological polar surface area (TPSA) is 52.6 Å². The predicted molar refractivity (Wildman–Crippen MR) is 151 cm³/mol. The summed E-state index contributed by atoms with van der Waals surface area (Å²) in [6, 6.07) is 6.82. The lowest BCUT2D eigenvalue weighted by Crippen LogP contribution is -2.15. The highest BCUT2D eigenvalue weighted by molar-refractivity contribution is 6.03. The number of carbonyl (C=O) groups excluding carboxylic acids is 2. The van der Waals surface area contributed by atoms with Crippen LogP contribution in [0.1, 0.15) is 157 Å². The Labute approximate surface area is 221 Å². The maximum absolute atomic E-state index is 12.6. The van der Waals surface area contributed by atoms with Crippen LogP contribution in [0.15, 0.2) is 24.3 Å². The van der Waals surface area contributed by atoms with Crippen LogP contribution in [0.5, 0.6) is 0 Å². The van der Waals surface area contributed by atoms with Crippen molar-refractivity contribution in [2.45, 2.75) is 136 Å². The molecule has 0 fully saturated rings. The Bertz CT molecular complexity index is 682. The Morgan fingerprint density at radius 1 is 0.583 bits per heavy atom. The van der Waals surface area contributed by atoms with Crippen molar-refractivity contribution < 1.29 is 19.1 Å². The molecule has 1 aromatic rings. The van der Waals surface area contributed by atoms with Crippen LogP contribution in [0.3, 0.4) is 0 Å². The molecule has 1 rings (SSSR count). The lowest BCUT2D eigenvalue weighted by molar-refractivity contribution is 0.0450. The van der Waals surface area contributed by atoms with Crippen molar-refractivity contribution >= 4 is 11.9 Å². The van der Waals surface area contributed by atoms with Gasteiger partial charge in [-0.1, -0.05) is 136 Å². The van der Waals surface area contributed by atoms with E-state index in [-0.39, 0.29) is 0 Å². The summed E-state index contributed by atoms with van der Waals surface area (Å²) < 4.78 is 10.9. The van der Waals surface area contributed by atoms with Gasteiger partial charge in [-0.3, -0.25) is 0 Å². The second-order valence-electron chi connectivity index (χ2n) is 10.7. The molecule has 0 aromatic heterocycles. The molecule has 0 bridgehead atoms. The number of hydrogen-bond donors (Lipinski definition) is 0. The molecule has 0 saturated carbocycles. The SMILES string of the molecule is CCCCCCCCCCCOC(=O)c1ccccc1C(=O)OCCCCCCCCCCC(C)C. The van der Waals surface area contributed by atoms with E-state index in [1.807, 2.05) is 0 Å². The standard InChI is InChI=1S/C32H54O4/c1-4-5-6-7-8-10-13-16-21-26-35-31(33)29-24-19-20-25-30(29)32(34)36-27-22-17-14-11-9-12-15-18-23-28(2)3/h19-20,24-25,28H,4-18,21-23,26-27H2,1-3H3. The first kappa shape index (κ1) is 32.2. The third-order valence-electron chi connectivity index (χ3n) is 6.76. The average molecular weight is 503 g/mol. The average Bonchev–Trinajstić information content (AvgIpc) is 2.87. The molecule has 0 saturated heterocycles. The van der Waals surface area contributed by atoms with Gasteiger partial charge in [0.25, 0.3) is 0 Å². The first-order chi connectivity index (χ1) is 17.6. The zero-order valence-electron chi connectivity index (χ0n) is 23.7. The molecule has 0 aliphatic rings. The van der Waals surface area contributed by atoms with Gasteiger partial charge in [0.2, 0.25) is 0 Å². The molecule has 0 atom stereocenters. The maximum Gasteiger partial charge on any atom is 0.339 e. The summed E-state index contributed by atoms with van der Waals surface area (Å²) in [5.41, 5.74) is 0.604. The number of hydrogen-bond acceptors (Lipinski definition) is 4. The molecule has 4 heteroatoms. The number of carbonyl (C=O) groups is 2. The number of rotatable bonds is 23. The predicted octanol–water partition coefficient (Wildman–Crippen LogP) is 9.70. The van der Waals surface area contributed by atoms with Crippen LogP contribution < -0.4 is 0 Å². The smallest absolute Gasteiger partial charge is 0.339 e. The van der Waals surface area contributed by atoms with E-state index in [2.05, 4.69) is 20.8 Å². The summed E-state index contributed by atoms with van der Waals surface area (Å²) in [7, 11) is 0. The van der Waals surface area contributed by atoms with Crippen molar-refractivity contribution in [2.24, 2.45) is 5.92 Å². The first-order valence-electron chi connectivity index (χ1n) is 15.0. The lowest BCUT2D eigenvalue weighted by Gasteiger charge is -2.10. The van der Waals surface area contributed by atoms with E-state index < -0.39 is 11.9 Å². The van der Waals surface area contributed by atoms with Gasteiger partial charge < -0.3 is 9.47 Å². The summed E-state index contributed by atoms with van der Waals surface area (Å²) in [6.07, 6.45) is 22.0. The van der Waals surface area contributed by atoms with Crippen LogP contribution in [0.2, 0.25) is 0 Å². The van der Waals surface area contributed by atoms with Gasteiger partial charge in [0.1, 0.15) is 0 Å². The highest BCUT2D eigenvalue weighted by Gasteiger charge is 2.18. The molecular weight excluding hydrogens is 448 g/mol. The molecule has 36 heavy (non-hydrogen) atoms. The monoisotopic (exact) mass is 502 g/mol. The molecule has 0 unspecified atom stereocenters. The number of benzene rings is 1. The summed E-state index contributed by atoms with van der Waals surface area (Å²) in [6.45, 7) is 7.61. The van der Waals surface area contributed by atoms with E-state index in [1.165, 1.54) is 89.9 Å². The Hall–Kier alpha value is -1.84. The van der Waals surface area contributed by atoms with Crippen LogP contribution in [-0.2, 0) is 9.47 Å². The molecule has 0 aliphatic carbocycles. The highest BCUT2D eigenvalue weighted by atomic mass is 16.5. The summed E-state index contributed by atoms with van der Waals surface area (Å²) in [4.78, 5) is 25.1. The third-order valence-corrected chi connectivity index (χ3v) is 6.76. The van der Waals surface area contributed by atoms with Gasteiger partial charge in [0.05, 0.1) is 24.3 Å². The second-order valence-corrected chi connectivity index (χ2v) is 10.7. The normalized spacial score (nSPS) is 11.1. The van der Waals surface area contributed by atoms with Crippen LogP contribution in [-0.4, -0.2) is 25.2 Å². The molecule has 0 spiro atoms. The number of esters is 2. The molecule has 0 N–H and O–H groups in total. The van der Waals surface area contributed by atoms with Crippen molar-refractivity contribution in [3.8, 4) is 0 Å². The van der Waals surface area contributed by atoms with Gasteiger partial charge in [0.15, 0.2) is 0 Å². The summed E-state index contributed by atoms with van der Waals surface area (Å²) >= 11 is 0. The Balaban J connectivity index is 2.16. The Morgan fingerprint density at radius 3 is 1.33 bits per heavy atom. The second kappa shape index (κ2) is 22.4. The molecule has 206 valence electrons. The third kappa shape index (κ3) is 16.8.